The van der Waals surface area contributed by atoms with Crippen LogP contribution in [0.4, 0.5) is 11.6 Å². The van der Waals surface area contributed by atoms with Gasteiger partial charge in [0.25, 0.3) is 0 Å². The molecule has 0 aromatic carbocycles. The molecule has 0 bridgehead atoms. The lowest BCUT2D eigenvalue weighted by Crippen LogP contribution is -2.42. The Morgan fingerprint density at radius 1 is 1.00 bits per heavy atom. The normalized spacial score (nSPS) is 23.5. The quantitative estimate of drug-likeness (QED) is 0.905. The minimum Gasteiger partial charge on any atom is -0.365 e. The van der Waals surface area contributed by atoms with Gasteiger partial charge in [-0.1, -0.05) is 0 Å². The molecular formula is C19H24N6. The zero-order valence-electron chi connectivity index (χ0n) is 14.4. The van der Waals surface area contributed by atoms with Crippen LogP contribution >= 0.6 is 0 Å². The maximum absolute atomic E-state index is 4.71. The molecule has 5 rings (SSSR count). The molecule has 3 heterocycles. The zero-order chi connectivity index (χ0) is 16.6. The van der Waals surface area contributed by atoms with Crippen LogP contribution in [0.2, 0.25) is 0 Å². The van der Waals surface area contributed by atoms with Crippen molar-refractivity contribution in [1.82, 2.24) is 19.9 Å². The molecule has 130 valence electrons. The average Bonchev–Trinajstić information content (AvgIpc) is 3.55. The molecule has 1 aliphatic heterocycles. The average molecular weight is 336 g/mol. The predicted octanol–water partition coefficient (Wildman–Crippen LogP) is 3.10. The molecule has 1 saturated heterocycles. The van der Waals surface area contributed by atoms with Crippen LogP contribution in [0.15, 0.2) is 24.7 Å². The van der Waals surface area contributed by atoms with Gasteiger partial charge in [0.2, 0.25) is 0 Å². The van der Waals surface area contributed by atoms with Gasteiger partial charge in [-0.05, 0) is 44.6 Å². The second kappa shape index (κ2) is 6.24. The van der Waals surface area contributed by atoms with Gasteiger partial charge in [-0.2, -0.15) is 0 Å². The Morgan fingerprint density at radius 3 is 2.72 bits per heavy atom. The lowest BCUT2D eigenvalue weighted by molar-refractivity contribution is 0.525. The first-order chi connectivity index (χ1) is 12.3. The van der Waals surface area contributed by atoms with Gasteiger partial charge in [-0.25, -0.2) is 19.9 Å². The highest BCUT2D eigenvalue weighted by Gasteiger charge is 2.28. The Bertz CT molecular complexity index is 755. The van der Waals surface area contributed by atoms with Crippen molar-refractivity contribution in [2.24, 2.45) is 0 Å². The Labute approximate surface area is 148 Å². The van der Waals surface area contributed by atoms with Gasteiger partial charge in [-0.15, -0.1) is 0 Å². The summed E-state index contributed by atoms with van der Waals surface area (Å²) in [6, 6.07) is 4.58. The third-order valence-corrected chi connectivity index (χ3v) is 5.38. The Kier molecular flexibility index (Phi) is 3.76. The van der Waals surface area contributed by atoms with Crippen LogP contribution in [-0.4, -0.2) is 39.1 Å². The topological polar surface area (TPSA) is 66.8 Å². The molecular weight excluding hydrogens is 312 g/mol. The van der Waals surface area contributed by atoms with E-state index in [2.05, 4.69) is 31.2 Å². The van der Waals surface area contributed by atoms with Crippen molar-refractivity contribution in [3.63, 3.8) is 0 Å². The third kappa shape index (κ3) is 3.43. The van der Waals surface area contributed by atoms with Crippen molar-refractivity contribution in [1.29, 1.82) is 0 Å². The van der Waals surface area contributed by atoms with Gasteiger partial charge in [-0.3, -0.25) is 0 Å². The summed E-state index contributed by atoms with van der Waals surface area (Å²) >= 11 is 0. The monoisotopic (exact) mass is 336 g/mol. The molecule has 3 aliphatic rings. The van der Waals surface area contributed by atoms with Crippen molar-refractivity contribution in [2.75, 3.05) is 23.3 Å². The molecule has 6 heteroatoms. The molecule has 2 aliphatic carbocycles. The maximum Gasteiger partial charge on any atom is 0.133 e. The number of aromatic nitrogens is 4. The zero-order valence-corrected chi connectivity index (χ0v) is 14.4. The van der Waals surface area contributed by atoms with E-state index in [0.717, 1.165) is 30.5 Å². The molecule has 2 aromatic heterocycles. The number of anilines is 2. The molecule has 2 aromatic rings. The predicted molar refractivity (Wildman–Crippen MR) is 96.9 cm³/mol. The summed E-state index contributed by atoms with van der Waals surface area (Å²) in [7, 11) is 0. The third-order valence-electron chi connectivity index (χ3n) is 5.38. The number of rotatable bonds is 5. The van der Waals surface area contributed by atoms with E-state index in [-0.39, 0.29) is 0 Å². The number of hydrogen-bond donors (Lipinski definition) is 1. The van der Waals surface area contributed by atoms with Crippen LogP contribution in [0.3, 0.4) is 0 Å². The molecule has 0 amide bonds. The highest BCUT2D eigenvalue weighted by Crippen LogP contribution is 2.40. The van der Waals surface area contributed by atoms with Crippen LogP contribution in [0.5, 0.6) is 0 Å². The standard InChI is InChI=1S/C19H24N6/c1-2-15(23-17-7-8-20-19(24-17)14-5-6-14)11-25(9-1)18-10-16(13-3-4-13)21-12-22-18/h7-8,10,12-15H,1-6,9,11H2,(H,20,23,24). The lowest BCUT2D eigenvalue weighted by atomic mass is 10.1. The molecule has 6 nitrogen and oxygen atoms in total. The fourth-order valence-electron chi connectivity index (χ4n) is 3.64. The summed E-state index contributed by atoms with van der Waals surface area (Å²) in [6.07, 6.45) is 11.0. The largest absolute Gasteiger partial charge is 0.365 e. The molecule has 0 radical (unpaired) electrons. The van der Waals surface area contributed by atoms with Crippen LogP contribution in [0, 0.1) is 0 Å². The van der Waals surface area contributed by atoms with Crippen molar-refractivity contribution in [2.45, 2.75) is 56.4 Å². The number of hydrogen-bond acceptors (Lipinski definition) is 6. The van der Waals surface area contributed by atoms with E-state index in [1.807, 2.05) is 12.3 Å². The van der Waals surface area contributed by atoms with Crippen LogP contribution < -0.4 is 10.2 Å². The molecule has 3 fully saturated rings. The van der Waals surface area contributed by atoms with Crippen molar-refractivity contribution in [3.8, 4) is 0 Å². The second-order valence-corrected chi connectivity index (χ2v) is 7.58. The summed E-state index contributed by atoms with van der Waals surface area (Å²) in [6.45, 7) is 2.03. The highest BCUT2D eigenvalue weighted by atomic mass is 15.2. The fraction of sp³-hybridized carbons (Fsp3) is 0.579. The Hall–Kier alpha value is -2.24. The van der Waals surface area contributed by atoms with E-state index < -0.39 is 0 Å². The summed E-state index contributed by atoms with van der Waals surface area (Å²) in [4.78, 5) is 20.5. The lowest BCUT2D eigenvalue weighted by Gasteiger charge is -2.34. The fourth-order valence-corrected chi connectivity index (χ4v) is 3.64. The maximum atomic E-state index is 4.71. The van der Waals surface area contributed by atoms with Gasteiger partial charge in [0.1, 0.15) is 23.8 Å². The summed E-state index contributed by atoms with van der Waals surface area (Å²) in [5.41, 5.74) is 1.21. The van der Waals surface area contributed by atoms with Gasteiger partial charge in [0.15, 0.2) is 0 Å². The van der Waals surface area contributed by atoms with Crippen LogP contribution in [-0.2, 0) is 0 Å². The summed E-state index contributed by atoms with van der Waals surface area (Å²) < 4.78 is 0. The first-order valence-corrected chi connectivity index (χ1v) is 9.51. The second-order valence-electron chi connectivity index (χ2n) is 7.58. The minimum atomic E-state index is 0.398. The van der Waals surface area contributed by atoms with Crippen molar-refractivity contribution in [3.05, 3.63) is 36.2 Å². The summed E-state index contributed by atoms with van der Waals surface area (Å²) in [5.74, 6) is 4.30. The van der Waals surface area contributed by atoms with E-state index in [1.165, 1.54) is 44.2 Å². The van der Waals surface area contributed by atoms with Gasteiger partial charge >= 0.3 is 0 Å². The van der Waals surface area contributed by atoms with E-state index >= 15 is 0 Å². The Balaban J connectivity index is 1.27. The number of piperidine rings is 1. The van der Waals surface area contributed by atoms with E-state index in [4.69, 9.17) is 4.98 Å². The van der Waals surface area contributed by atoms with Crippen molar-refractivity contribution >= 4 is 11.6 Å². The van der Waals surface area contributed by atoms with E-state index in [9.17, 15) is 0 Å². The van der Waals surface area contributed by atoms with E-state index in [1.54, 1.807) is 6.33 Å². The van der Waals surface area contributed by atoms with Crippen LogP contribution in [0.25, 0.3) is 0 Å². The SMILES string of the molecule is c1nc(C2CC2)cc(N2CCCC(Nc3ccnc(C4CC4)n3)C2)n1. The summed E-state index contributed by atoms with van der Waals surface area (Å²) in [5, 5.41) is 3.62. The molecule has 1 unspecified atom stereocenters. The molecule has 1 atom stereocenters. The molecule has 2 saturated carbocycles. The van der Waals surface area contributed by atoms with Gasteiger partial charge < -0.3 is 10.2 Å². The number of nitrogens with one attached hydrogen (secondary N) is 1. The molecule has 25 heavy (non-hydrogen) atoms. The minimum absolute atomic E-state index is 0.398. The van der Waals surface area contributed by atoms with Gasteiger partial charge in [0.05, 0.1) is 0 Å². The number of nitrogens with zero attached hydrogens (tertiary/aromatic N) is 5. The van der Waals surface area contributed by atoms with Gasteiger partial charge in [0, 0.05) is 48.9 Å². The molecule has 1 N–H and O–H groups in total. The first kappa shape index (κ1) is 15.0. The van der Waals surface area contributed by atoms with E-state index in [0.29, 0.717) is 17.9 Å². The van der Waals surface area contributed by atoms with Crippen LogP contribution in [0.1, 0.15) is 61.9 Å². The first-order valence-electron chi connectivity index (χ1n) is 9.51. The highest BCUT2D eigenvalue weighted by molar-refractivity contribution is 5.43. The molecule has 0 spiro atoms. The Morgan fingerprint density at radius 2 is 1.88 bits per heavy atom. The smallest absolute Gasteiger partial charge is 0.133 e. The van der Waals surface area contributed by atoms with Crippen molar-refractivity contribution < 1.29 is 0 Å².